The molecule has 0 saturated carbocycles. The standard InChI is InChI=1S/C11H12BrNO3/c1-2-13-11(15)7-16-9-3-4-10(12)8(5-9)6-14/h3-6H,2,7H2,1H3,(H,13,15). The number of amides is 1. The molecule has 5 heteroatoms. The molecule has 0 aromatic heterocycles. The highest BCUT2D eigenvalue weighted by Gasteiger charge is 2.04. The Morgan fingerprint density at radius 1 is 1.56 bits per heavy atom. The van der Waals surface area contributed by atoms with Crippen LogP contribution in [0.4, 0.5) is 0 Å². The van der Waals surface area contributed by atoms with Gasteiger partial charge in [-0.05, 0) is 25.1 Å². The van der Waals surface area contributed by atoms with Crippen molar-refractivity contribution in [2.24, 2.45) is 0 Å². The molecule has 0 heterocycles. The first kappa shape index (κ1) is 12.7. The minimum atomic E-state index is -0.182. The van der Waals surface area contributed by atoms with Crippen LogP contribution in [0.15, 0.2) is 22.7 Å². The number of nitrogens with one attached hydrogen (secondary N) is 1. The van der Waals surface area contributed by atoms with E-state index >= 15 is 0 Å². The van der Waals surface area contributed by atoms with E-state index in [0.29, 0.717) is 22.3 Å². The predicted molar refractivity (Wildman–Crippen MR) is 63.7 cm³/mol. The molecule has 0 bridgehead atoms. The zero-order valence-electron chi connectivity index (χ0n) is 8.83. The minimum Gasteiger partial charge on any atom is -0.484 e. The molecular weight excluding hydrogens is 274 g/mol. The van der Waals surface area contributed by atoms with Crippen molar-refractivity contribution in [3.63, 3.8) is 0 Å². The van der Waals surface area contributed by atoms with E-state index in [4.69, 9.17) is 4.74 Å². The van der Waals surface area contributed by atoms with Crippen LogP contribution in [0.1, 0.15) is 17.3 Å². The smallest absolute Gasteiger partial charge is 0.257 e. The molecule has 0 spiro atoms. The summed E-state index contributed by atoms with van der Waals surface area (Å²) in [5, 5.41) is 2.61. The first-order valence-corrected chi connectivity index (χ1v) is 5.61. The van der Waals surface area contributed by atoms with Crippen molar-refractivity contribution in [3.8, 4) is 5.75 Å². The molecule has 0 fully saturated rings. The average Bonchev–Trinajstić information content (AvgIpc) is 2.28. The molecule has 0 aliphatic carbocycles. The van der Waals surface area contributed by atoms with Crippen LogP contribution < -0.4 is 10.1 Å². The Morgan fingerprint density at radius 3 is 2.94 bits per heavy atom. The number of hydrogen-bond donors (Lipinski definition) is 1. The molecule has 1 N–H and O–H groups in total. The topological polar surface area (TPSA) is 55.4 Å². The second kappa shape index (κ2) is 6.27. The van der Waals surface area contributed by atoms with Crippen LogP contribution in [0.2, 0.25) is 0 Å². The van der Waals surface area contributed by atoms with E-state index < -0.39 is 0 Å². The van der Waals surface area contributed by atoms with Crippen LogP contribution in [-0.2, 0) is 4.79 Å². The van der Waals surface area contributed by atoms with Gasteiger partial charge in [-0.25, -0.2) is 0 Å². The van der Waals surface area contributed by atoms with Gasteiger partial charge in [0, 0.05) is 16.6 Å². The lowest BCUT2D eigenvalue weighted by Crippen LogP contribution is -2.28. The summed E-state index contributed by atoms with van der Waals surface area (Å²) in [6.07, 6.45) is 0.725. The summed E-state index contributed by atoms with van der Waals surface area (Å²) in [6, 6.07) is 4.98. The number of carbonyl (C=O) groups is 2. The van der Waals surface area contributed by atoms with Gasteiger partial charge in [-0.3, -0.25) is 9.59 Å². The molecule has 0 radical (unpaired) electrons. The molecule has 0 aliphatic heterocycles. The summed E-state index contributed by atoms with van der Waals surface area (Å²) in [4.78, 5) is 21.8. The first-order valence-electron chi connectivity index (χ1n) is 4.81. The highest BCUT2D eigenvalue weighted by atomic mass is 79.9. The van der Waals surface area contributed by atoms with E-state index in [1.165, 1.54) is 0 Å². The maximum Gasteiger partial charge on any atom is 0.257 e. The van der Waals surface area contributed by atoms with Crippen molar-refractivity contribution in [2.75, 3.05) is 13.2 Å². The Morgan fingerprint density at radius 2 is 2.31 bits per heavy atom. The molecular formula is C11H12BrNO3. The van der Waals surface area contributed by atoms with E-state index in [2.05, 4.69) is 21.2 Å². The van der Waals surface area contributed by atoms with E-state index in [9.17, 15) is 9.59 Å². The molecule has 1 aromatic carbocycles. The molecule has 0 unspecified atom stereocenters. The molecule has 4 nitrogen and oxygen atoms in total. The van der Waals surface area contributed by atoms with Gasteiger partial charge in [-0.2, -0.15) is 0 Å². The number of ether oxygens (including phenoxy) is 1. The molecule has 86 valence electrons. The van der Waals surface area contributed by atoms with E-state index in [0.717, 1.165) is 6.29 Å². The molecule has 1 rings (SSSR count). The van der Waals surface area contributed by atoms with Crippen LogP contribution in [0.25, 0.3) is 0 Å². The molecule has 1 amide bonds. The lowest BCUT2D eigenvalue weighted by atomic mass is 10.2. The van der Waals surface area contributed by atoms with Crippen LogP contribution in [0.5, 0.6) is 5.75 Å². The van der Waals surface area contributed by atoms with Crippen LogP contribution >= 0.6 is 15.9 Å². The predicted octanol–water partition coefficient (Wildman–Crippen LogP) is 1.78. The van der Waals surface area contributed by atoms with Gasteiger partial charge in [-0.15, -0.1) is 0 Å². The normalized spacial score (nSPS) is 9.62. The van der Waals surface area contributed by atoms with Crippen LogP contribution in [-0.4, -0.2) is 25.3 Å². The van der Waals surface area contributed by atoms with Gasteiger partial charge in [0.1, 0.15) is 5.75 Å². The molecule has 0 aliphatic rings. The summed E-state index contributed by atoms with van der Waals surface area (Å²) in [7, 11) is 0. The maximum absolute atomic E-state index is 11.1. The molecule has 0 saturated heterocycles. The Labute approximate surface area is 102 Å². The summed E-state index contributed by atoms with van der Waals surface area (Å²) < 4.78 is 5.93. The summed E-state index contributed by atoms with van der Waals surface area (Å²) >= 11 is 3.23. The average molecular weight is 286 g/mol. The zero-order valence-corrected chi connectivity index (χ0v) is 10.4. The lowest BCUT2D eigenvalue weighted by Gasteiger charge is -2.07. The third-order valence-corrected chi connectivity index (χ3v) is 2.56. The lowest BCUT2D eigenvalue weighted by molar-refractivity contribution is -0.122. The van der Waals surface area contributed by atoms with Crippen LogP contribution in [0, 0.1) is 0 Å². The third-order valence-electron chi connectivity index (χ3n) is 1.84. The van der Waals surface area contributed by atoms with Crippen molar-refractivity contribution in [1.29, 1.82) is 0 Å². The first-order chi connectivity index (χ1) is 7.67. The fraction of sp³-hybridized carbons (Fsp3) is 0.273. The summed E-state index contributed by atoms with van der Waals surface area (Å²) in [5.74, 6) is 0.314. The number of likely N-dealkylation sites (N-methyl/N-ethyl adjacent to an activating group) is 1. The van der Waals surface area contributed by atoms with Crippen molar-refractivity contribution >= 4 is 28.1 Å². The van der Waals surface area contributed by atoms with E-state index in [1.807, 2.05) is 6.92 Å². The van der Waals surface area contributed by atoms with Crippen molar-refractivity contribution < 1.29 is 14.3 Å². The van der Waals surface area contributed by atoms with Gasteiger partial charge < -0.3 is 10.1 Å². The fourth-order valence-electron chi connectivity index (χ4n) is 1.10. The Balaban J connectivity index is 2.61. The zero-order chi connectivity index (χ0) is 12.0. The van der Waals surface area contributed by atoms with Gasteiger partial charge in [0.05, 0.1) is 0 Å². The van der Waals surface area contributed by atoms with E-state index in [-0.39, 0.29) is 12.5 Å². The second-order valence-corrected chi connectivity index (χ2v) is 3.90. The van der Waals surface area contributed by atoms with Gasteiger partial charge in [0.2, 0.25) is 0 Å². The van der Waals surface area contributed by atoms with Crippen molar-refractivity contribution in [2.45, 2.75) is 6.92 Å². The Bertz CT molecular complexity index is 393. The molecule has 0 atom stereocenters. The molecule has 1 aromatic rings. The third kappa shape index (κ3) is 3.66. The molecule has 16 heavy (non-hydrogen) atoms. The monoisotopic (exact) mass is 285 g/mol. The van der Waals surface area contributed by atoms with Crippen LogP contribution in [0.3, 0.4) is 0 Å². The number of aldehydes is 1. The minimum absolute atomic E-state index is 0.0478. The number of benzene rings is 1. The van der Waals surface area contributed by atoms with Crippen molar-refractivity contribution in [1.82, 2.24) is 5.32 Å². The van der Waals surface area contributed by atoms with E-state index in [1.54, 1.807) is 18.2 Å². The maximum atomic E-state index is 11.1. The Kier molecular flexibility index (Phi) is 4.98. The number of carbonyl (C=O) groups excluding carboxylic acids is 2. The Hall–Kier alpha value is -1.36. The largest absolute Gasteiger partial charge is 0.484 e. The van der Waals surface area contributed by atoms with Gasteiger partial charge in [0.25, 0.3) is 5.91 Å². The second-order valence-electron chi connectivity index (χ2n) is 3.04. The van der Waals surface area contributed by atoms with Gasteiger partial charge >= 0.3 is 0 Å². The quantitative estimate of drug-likeness (QED) is 0.839. The fourth-order valence-corrected chi connectivity index (χ4v) is 1.44. The van der Waals surface area contributed by atoms with Gasteiger partial charge in [0.15, 0.2) is 12.9 Å². The highest BCUT2D eigenvalue weighted by molar-refractivity contribution is 9.10. The SMILES string of the molecule is CCNC(=O)COc1ccc(Br)c(C=O)c1. The highest BCUT2D eigenvalue weighted by Crippen LogP contribution is 2.20. The number of hydrogen-bond acceptors (Lipinski definition) is 3. The number of rotatable bonds is 5. The van der Waals surface area contributed by atoms with Crippen molar-refractivity contribution in [3.05, 3.63) is 28.2 Å². The summed E-state index contributed by atoms with van der Waals surface area (Å²) in [6.45, 7) is 2.36. The number of halogens is 1. The van der Waals surface area contributed by atoms with Gasteiger partial charge in [-0.1, -0.05) is 15.9 Å². The summed E-state index contributed by atoms with van der Waals surface area (Å²) in [5.41, 5.74) is 0.494.